The Balaban J connectivity index is -0.0000000239. The summed E-state index contributed by atoms with van der Waals surface area (Å²) in [4.78, 5) is 86.5. The van der Waals surface area contributed by atoms with Crippen LogP contribution in [-0.2, 0) is 125 Å². The number of rotatable bonds is 0. The first-order valence-corrected chi connectivity index (χ1v) is 12.2. The van der Waals surface area contributed by atoms with Gasteiger partial charge in [-0.05, 0) is 0 Å². The molecule has 0 fully saturated rings. The molecule has 0 aromatic carbocycles. The van der Waals surface area contributed by atoms with E-state index in [1.54, 1.807) is 0 Å². The van der Waals surface area contributed by atoms with Gasteiger partial charge in [0.1, 0.15) is 0 Å². The maximum atomic E-state index is 10.3. The van der Waals surface area contributed by atoms with E-state index in [2.05, 4.69) is 0 Å². The molecule has 0 bridgehead atoms. The van der Waals surface area contributed by atoms with Crippen LogP contribution >= 0.6 is 0 Å². The molecule has 0 unspecified atom stereocenters. The minimum Gasteiger partial charge on any atom is -0.286 e. The van der Waals surface area contributed by atoms with Gasteiger partial charge in [0.05, 0.1) is 0 Å². The molecule has 2 radical (unpaired) electrons. The number of amides is 8. The van der Waals surface area contributed by atoms with Crippen molar-refractivity contribution < 1.29 is 125 Å². The first-order chi connectivity index (χ1) is 17.2. The fourth-order valence-electron chi connectivity index (χ4n) is 0.887. The van der Waals surface area contributed by atoms with Crippen LogP contribution in [-0.4, -0.2) is 95.0 Å². The molecule has 0 aromatic rings. The maximum Gasteiger partial charge on any atom is 0.225 e. The summed E-state index contributed by atoms with van der Waals surface area (Å²) in [5.74, 6) is -1.80. The van der Waals surface area contributed by atoms with Crippen molar-refractivity contribution in [2.45, 2.75) is 119 Å². The summed E-state index contributed by atoms with van der Waals surface area (Å²) in [6, 6.07) is 0. The van der Waals surface area contributed by atoms with Gasteiger partial charge >= 0.3 is 0 Å². The first-order valence-electron chi connectivity index (χ1n) is 12.2. The molecule has 0 saturated heterocycles. The number of hydrogen-bond donors (Lipinski definition) is 0. The van der Waals surface area contributed by atoms with Gasteiger partial charge in [-0.15, -0.1) is 0 Å². The minimum absolute atomic E-state index is 0. The van der Waals surface area contributed by atoms with Gasteiger partial charge in [0.25, 0.3) is 0 Å². The Bertz CT molecular complexity index is 566. The summed E-state index contributed by atoms with van der Waals surface area (Å²) in [5.41, 5.74) is 0. The summed E-state index contributed by atoms with van der Waals surface area (Å²) < 4.78 is 0. The van der Waals surface area contributed by atoms with Crippen molar-refractivity contribution in [2.75, 3.05) is 28.2 Å². The normalized spacial score (nSPS) is 6.50. The van der Waals surface area contributed by atoms with Gasteiger partial charge in [-0.1, -0.05) is 63.8 Å². The molecule has 0 aliphatic rings. The molecular weight excluding hydrogens is 894 g/mol. The average Bonchev–Trinajstić information content (AvgIpc) is 2.86. The molecule has 0 heterocycles. The number of nitrogens with zero attached hydrogens (tertiary/aromatic N) is 4. The average molecular weight is 961 g/mol. The predicted molar refractivity (Wildman–Crippen MR) is 171 cm³/mol. The van der Waals surface area contributed by atoms with Crippen molar-refractivity contribution >= 4 is 47.3 Å². The number of hydrogen-bond acceptors (Lipinski definition) is 8. The fourth-order valence-corrected chi connectivity index (χ4v) is 0.887. The monoisotopic (exact) mass is 960 g/mol. The van der Waals surface area contributed by atoms with E-state index in [-0.39, 0.29) is 156 Å². The minimum atomic E-state index is -0.225. The molecule has 0 spiro atoms. The molecule has 0 aliphatic heterocycles. The summed E-state index contributed by atoms with van der Waals surface area (Å²) in [5, 5.41) is 0. The Hall–Kier alpha value is -0.544. The largest absolute Gasteiger partial charge is 0.286 e. The molecule has 12 nitrogen and oxygen atoms in total. The van der Waals surface area contributed by atoms with Gasteiger partial charge in [-0.25, -0.2) is 0 Å². The zero-order chi connectivity index (χ0) is 32.9. The third kappa shape index (κ3) is 68.6. The van der Waals surface area contributed by atoms with E-state index in [1.165, 1.54) is 83.6 Å². The second-order valence-corrected chi connectivity index (χ2v) is 6.39. The first kappa shape index (κ1) is 84.4. The zero-order valence-electron chi connectivity index (χ0n) is 28.6. The van der Waals surface area contributed by atoms with Crippen molar-refractivity contribution in [1.82, 2.24) is 19.6 Å². The molecule has 0 rings (SSSR count). The SMILES string of the molecule is C.C.C.CC.CC.CC.CC(=O)N(C)C(C)=O.CC(=O)N(C)C(C)=O.CC(=O)N(C)C(C)=O.CC(=O)N(C)C(C)=O.[W].[Y].[Y]. The van der Waals surface area contributed by atoms with E-state index in [1.807, 2.05) is 41.5 Å². The molecule has 0 aliphatic carbocycles. The molecule has 0 N–H and O–H groups in total. The second kappa shape index (κ2) is 58.0. The van der Waals surface area contributed by atoms with Crippen molar-refractivity contribution in [3.63, 3.8) is 0 Å². The van der Waals surface area contributed by atoms with Crippen LogP contribution in [0.25, 0.3) is 0 Å². The van der Waals surface area contributed by atoms with Crippen LogP contribution < -0.4 is 0 Å². The molecule has 44 heavy (non-hydrogen) atoms. The van der Waals surface area contributed by atoms with E-state index in [0.717, 1.165) is 19.6 Å². The Morgan fingerprint density at radius 3 is 0.341 bits per heavy atom. The van der Waals surface area contributed by atoms with Gasteiger partial charge in [0.15, 0.2) is 0 Å². The molecule has 15 heteroatoms. The third-order valence-corrected chi connectivity index (χ3v) is 3.78. The van der Waals surface area contributed by atoms with Gasteiger partial charge in [-0.3, -0.25) is 58.0 Å². The predicted octanol–water partition coefficient (Wildman–Crippen LogP) is 5.02. The van der Waals surface area contributed by atoms with Gasteiger partial charge < -0.3 is 0 Å². The number of carbonyl (C=O) groups is 8. The Labute approximate surface area is 335 Å². The van der Waals surface area contributed by atoms with Crippen LogP contribution in [0.5, 0.6) is 0 Å². The zero-order valence-corrected chi connectivity index (χ0v) is 37.2. The van der Waals surface area contributed by atoms with Crippen LogP contribution in [0.15, 0.2) is 0 Å². The Kier molecular flexibility index (Phi) is 111. The topological polar surface area (TPSA) is 150 Å². The van der Waals surface area contributed by atoms with Crippen molar-refractivity contribution in [2.24, 2.45) is 0 Å². The van der Waals surface area contributed by atoms with E-state index >= 15 is 0 Å². The Morgan fingerprint density at radius 1 is 0.295 bits per heavy atom. The van der Waals surface area contributed by atoms with Gasteiger partial charge in [0, 0.05) is 170 Å². The van der Waals surface area contributed by atoms with E-state index < -0.39 is 0 Å². The van der Waals surface area contributed by atoms with Crippen LogP contribution in [0, 0.1) is 0 Å². The maximum absolute atomic E-state index is 10.3. The van der Waals surface area contributed by atoms with Crippen LogP contribution in [0.1, 0.15) is 119 Å². The summed E-state index contributed by atoms with van der Waals surface area (Å²) >= 11 is 0. The quantitative estimate of drug-likeness (QED) is 0.329. The van der Waals surface area contributed by atoms with Crippen molar-refractivity contribution in [1.29, 1.82) is 0 Å². The Morgan fingerprint density at radius 2 is 0.341 bits per heavy atom. The molecule has 0 atom stereocenters. The van der Waals surface area contributed by atoms with Gasteiger partial charge in [-0.2, -0.15) is 0 Å². The summed E-state index contributed by atoms with van der Waals surface area (Å²) in [7, 11) is 5.80. The summed E-state index contributed by atoms with van der Waals surface area (Å²) in [6.45, 7) is 22.8. The van der Waals surface area contributed by atoms with Crippen LogP contribution in [0.2, 0.25) is 0 Å². The number of imide groups is 4. The molecule has 8 amide bonds. The third-order valence-electron chi connectivity index (χ3n) is 3.78. The van der Waals surface area contributed by atoms with Crippen LogP contribution in [0.3, 0.4) is 0 Å². The summed E-state index contributed by atoms with van der Waals surface area (Å²) in [6.07, 6.45) is 0. The smallest absolute Gasteiger partial charge is 0.225 e. The fraction of sp³-hybridized carbons (Fsp3) is 0.724. The van der Waals surface area contributed by atoms with E-state index in [4.69, 9.17) is 0 Å². The standard InChI is InChI=1S/4C5H9NO2.3C2H6.3CH4.W.2Y/c4*1-4(7)6(3)5(2)8;3*1-2;;;;;;/h4*1-3H3;3*1-2H3;3*1H4;;;. The van der Waals surface area contributed by atoms with E-state index in [9.17, 15) is 38.4 Å². The molecule has 262 valence electrons. The van der Waals surface area contributed by atoms with E-state index in [0.29, 0.717) is 0 Å². The molecular formula is C29H66N4O8WY2. The molecule has 0 aromatic heterocycles. The number of carbonyl (C=O) groups excluding carboxylic acids is 8. The second-order valence-electron chi connectivity index (χ2n) is 6.39. The van der Waals surface area contributed by atoms with Gasteiger partial charge in [0.2, 0.25) is 47.3 Å². The van der Waals surface area contributed by atoms with Crippen LogP contribution in [0.4, 0.5) is 0 Å². The molecule has 0 saturated carbocycles. The van der Waals surface area contributed by atoms with Crippen molar-refractivity contribution in [3.8, 4) is 0 Å². The van der Waals surface area contributed by atoms with Crippen molar-refractivity contribution in [3.05, 3.63) is 0 Å².